The van der Waals surface area contributed by atoms with Crippen molar-refractivity contribution in [1.29, 1.82) is 0 Å². The Hall–Kier alpha value is -3.95. The maximum Gasteiger partial charge on any atom is 0.377 e. The van der Waals surface area contributed by atoms with Gasteiger partial charge >= 0.3 is 5.96 Å². The van der Waals surface area contributed by atoms with Crippen LogP contribution in [-0.4, -0.2) is 67.8 Å². The number of quaternary nitrogens is 1. The molecule has 0 unspecified atom stereocenters. The van der Waals surface area contributed by atoms with E-state index >= 15 is 0 Å². The van der Waals surface area contributed by atoms with E-state index in [0.717, 1.165) is 4.68 Å². The summed E-state index contributed by atoms with van der Waals surface area (Å²) in [6.07, 6.45) is 0. The minimum absolute atomic E-state index is 0. The summed E-state index contributed by atoms with van der Waals surface area (Å²) >= 11 is 0. The molecule has 0 aliphatic rings. The summed E-state index contributed by atoms with van der Waals surface area (Å²) < 4.78 is 0.867. The lowest BCUT2D eigenvalue weighted by molar-refractivity contribution is -0.491. The molecule has 2 heterocycles. The van der Waals surface area contributed by atoms with Gasteiger partial charge in [0.15, 0.2) is 5.03 Å². The van der Waals surface area contributed by atoms with Gasteiger partial charge in [0.25, 0.3) is 0 Å². The summed E-state index contributed by atoms with van der Waals surface area (Å²) in [5, 5.41) is 42.6. The fraction of sp³-hybridized carbons (Fsp3) is 0. The van der Waals surface area contributed by atoms with Gasteiger partial charge in [-0.15, -0.1) is 20.6 Å². The molecular formula is C3H11N15O6. The van der Waals surface area contributed by atoms with Gasteiger partial charge in [0.1, 0.15) is 16.1 Å². The van der Waals surface area contributed by atoms with Crippen LogP contribution in [0.1, 0.15) is 0 Å². The largest absolute Gasteiger partial charge is 0.412 e. The highest BCUT2D eigenvalue weighted by molar-refractivity contribution is 5.66. The van der Waals surface area contributed by atoms with Crippen LogP contribution in [-0.2, 0) is 0 Å². The van der Waals surface area contributed by atoms with Crippen molar-refractivity contribution in [2.45, 2.75) is 0 Å². The number of nitrogens with two attached hydrogens (primary N) is 1. The third-order valence-electron chi connectivity index (χ3n) is 1.52. The molecule has 0 amide bonds. The SMILES string of the molecule is NN/C([NH3+])=N/[N+](=O)[O-].O.O.O=[N+]([O-])[N-]c1nnnn1-c1nn[nH]n1. The minimum Gasteiger partial charge on any atom is -0.412 e. The van der Waals surface area contributed by atoms with E-state index in [0.29, 0.717) is 0 Å². The molecule has 11 N–H and O–H groups in total. The Morgan fingerprint density at radius 2 is 2.04 bits per heavy atom. The molecule has 0 radical (unpaired) electrons. The number of hydrogen-bond acceptors (Lipinski definition) is 11. The second-order valence-electron chi connectivity index (χ2n) is 2.87. The van der Waals surface area contributed by atoms with Crippen molar-refractivity contribution in [1.82, 2.24) is 46.3 Å². The number of nitro groups is 2. The molecule has 0 spiro atoms. The molecule has 0 aromatic carbocycles. The normalized spacial score (nSPS) is 9.50. The molecule has 0 saturated carbocycles. The van der Waals surface area contributed by atoms with Crippen LogP contribution in [0.4, 0.5) is 5.95 Å². The molecule has 24 heavy (non-hydrogen) atoms. The number of rotatable bonds is 4. The number of aromatic amines is 1. The lowest BCUT2D eigenvalue weighted by atomic mass is 10.9. The number of nitrogens with one attached hydrogen (secondary N) is 2. The van der Waals surface area contributed by atoms with E-state index in [1.807, 2.05) is 5.43 Å². The number of hydrogen-bond donors (Lipinski definition) is 4. The molecule has 0 saturated heterocycles. The van der Waals surface area contributed by atoms with E-state index in [2.05, 4.69) is 58.3 Å². The quantitative estimate of drug-likeness (QED) is 0.131. The van der Waals surface area contributed by atoms with Gasteiger partial charge in [-0.05, 0) is 5.21 Å². The van der Waals surface area contributed by atoms with Gasteiger partial charge in [-0.3, -0.25) is 11.2 Å². The van der Waals surface area contributed by atoms with Crippen molar-refractivity contribution in [2.75, 3.05) is 0 Å². The number of guanidine groups is 1. The zero-order valence-corrected chi connectivity index (χ0v) is 11.3. The standard InChI is InChI=1S/C2HN10O2.CH5N5O2.2H2O/c13-12(14)6-2-5-9-10-11(2)1-3-7-8-4-1;2-1(4-3)5-6(7)8;;/h(H-,3,4,5,6,7,8,10);3H2,(H3,2,4,5);2*1H2/q-1;;;/p+1. The highest BCUT2D eigenvalue weighted by Gasteiger charge is 2.06. The second kappa shape index (κ2) is 10.7. The van der Waals surface area contributed by atoms with Gasteiger partial charge in [0.05, 0.1) is 0 Å². The lowest BCUT2D eigenvalue weighted by Gasteiger charge is -2.01. The zero-order chi connectivity index (χ0) is 16.5. The van der Waals surface area contributed by atoms with E-state index in [1.54, 1.807) is 0 Å². The van der Waals surface area contributed by atoms with E-state index in [4.69, 9.17) is 0 Å². The summed E-state index contributed by atoms with van der Waals surface area (Å²) in [5.74, 6) is 4.13. The van der Waals surface area contributed by atoms with Crippen LogP contribution in [0.2, 0.25) is 0 Å². The highest BCUT2D eigenvalue weighted by atomic mass is 16.7. The van der Waals surface area contributed by atoms with Crippen LogP contribution in [0.25, 0.3) is 11.4 Å². The number of tetrazole rings is 2. The van der Waals surface area contributed by atoms with E-state index in [-0.39, 0.29) is 28.8 Å². The monoisotopic (exact) mass is 353 g/mol. The van der Waals surface area contributed by atoms with Crippen molar-refractivity contribution in [3.8, 4) is 5.95 Å². The molecule has 0 atom stereocenters. The lowest BCUT2D eigenvalue weighted by Crippen LogP contribution is -2.66. The number of hydrazine groups is 1. The molecule has 0 bridgehead atoms. The first-order valence-corrected chi connectivity index (χ1v) is 4.83. The average molecular weight is 353 g/mol. The third kappa shape index (κ3) is 7.17. The maximum absolute atomic E-state index is 10.1. The van der Waals surface area contributed by atoms with Gasteiger partial charge in [-0.1, -0.05) is 5.43 Å². The number of aromatic nitrogens is 8. The Balaban J connectivity index is 0. The first-order chi connectivity index (χ1) is 10.4. The van der Waals surface area contributed by atoms with Crippen LogP contribution >= 0.6 is 0 Å². The van der Waals surface area contributed by atoms with Crippen LogP contribution in [0, 0.1) is 20.2 Å². The third-order valence-corrected chi connectivity index (χ3v) is 1.52. The fourth-order valence-electron chi connectivity index (χ4n) is 0.821. The number of hydrazone groups is 1. The van der Waals surface area contributed by atoms with E-state index in [1.165, 1.54) is 0 Å². The molecule has 2 rings (SSSR count). The van der Waals surface area contributed by atoms with E-state index < -0.39 is 10.1 Å². The molecule has 21 heteroatoms. The molecule has 0 fully saturated rings. The molecule has 134 valence electrons. The summed E-state index contributed by atoms with van der Waals surface area (Å²) in [6, 6.07) is 0. The molecule has 0 aliphatic heterocycles. The number of nitrogens with zero attached hydrogens (tertiary/aromatic N) is 11. The van der Waals surface area contributed by atoms with Crippen molar-refractivity contribution >= 4 is 11.9 Å². The van der Waals surface area contributed by atoms with E-state index in [9.17, 15) is 20.2 Å². The molecule has 0 aliphatic carbocycles. The first kappa shape index (κ1) is 22.3. The molecule has 2 aromatic heterocycles. The Kier molecular flexibility index (Phi) is 9.99. The summed E-state index contributed by atoms with van der Waals surface area (Å²) in [5.41, 5.74) is 7.87. The average Bonchev–Trinajstić information content (AvgIpc) is 3.08. The van der Waals surface area contributed by atoms with Crippen LogP contribution in [0.5, 0.6) is 0 Å². The Bertz CT molecular complexity index is 646. The zero-order valence-electron chi connectivity index (χ0n) is 11.3. The van der Waals surface area contributed by atoms with Crippen molar-refractivity contribution < 1.29 is 26.8 Å². The number of H-pyrrole nitrogens is 1. The first-order valence-electron chi connectivity index (χ1n) is 4.83. The van der Waals surface area contributed by atoms with Gasteiger partial charge in [-0.25, -0.2) is 35.9 Å². The van der Waals surface area contributed by atoms with Crippen molar-refractivity contribution in [3.05, 3.63) is 25.7 Å². The van der Waals surface area contributed by atoms with Crippen LogP contribution < -0.4 is 17.0 Å². The maximum atomic E-state index is 10.1. The second-order valence-corrected chi connectivity index (χ2v) is 2.87. The van der Waals surface area contributed by atoms with Crippen molar-refractivity contribution in [3.63, 3.8) is 0 Å². The summed E-state index contributed by atoms with van der Waals surface area (Å²) in [6.45, 7) is 0. The summed E-state index contributed by atoms with van der Waals surface area (Å²) in [7, 11) is 0. The Labute approximate surface area is 128 Å². The Morgan fingerprint density at radius 3 is 2.46 bits per heavy atom. The Morgan fingerprint density at radius 1 is 1.38 bits per heavy atom. The summed E-state index contributed by atoms with van der Waals surface area (Å²) in [4.78, 5) is 19.5. The highest BCUT2D eigenvalue weighted by Crippen LogP contribution is 2.13. The van der Waals surface area contributed by atoms with Gasteiger partial charge in [0.2, 0.25) is 5.95 Å². The van der Waals surface area contributed by atoms with Gasteiger partial charge in [0, 0.05) is 0 Å². The predicted octanol–water partition coefficient (Wildman–Crippen LogP) is -6.04. The smallest absolute Gasteiger partial charge is 0.377 e. The van der Waals surface area contributed by atoms with Gasteiger partial charge in [-0.2, -0.15) is 5.21 Å². The molecular weight excluding hydrogens is 342 g/mol. The fourth-order valence-corrected chi connectivity index (χ4v) is 0.821. The minimum atomic E-state index is -0.928. The van der Waals surface area contributed by atoms with Crippen LogP contribution in [0.3, 0.4) is 0 Å². The molecule has 2 aromatic rings. The topological polar surface area (TPSA) is 339 Å². The van der Waals surface area contributed by atoms with Crippen molar-refractivity contribution in [2.24, 2.45) is 10.9 Å². The van der Waals surface area contributed by atoms with Gasteiger partial charge < -0.3 is 11.0 Å². The van der Waals surface area contributed by atoms with Crippen LogP contribution in [0.15, 0.2) is 5.10 Å². The predicted molar refractivity (Wildman–Crippen MR) is 68.8 cm³/mol. The molecule has 21 nitrogen and oxygen atoms in total.